The Kier molecular flexibility index (Phi) is 2.38. The zero-order valence-electron chi connectivity index (χ0n) is 9.46. The lowest BCUT2D eigenvalue weighted by Crippen LogP contribution is -2.28. The van der Waals surface area contributed by atoms with Gasteiger partial charge in [-0.1, -0.05) is 42.5 Å². The molecular weight excluding hydrogens is 226 g/mol. The van der Waals surface area contributed by atoms with Gasteiger partial charge in [-0.05, 0) is 6.07 Å². The number of ketones is 1. The van der Waals surface area contributed by atoms with Crippen molar-refractivity contribution in [3.05, 3.63) is 70.2 Å². The van der Waals surface area contributed by atoms with E-state index in [9.17, 15) is 9.59 Å². The maximum Gasteiger partial charge on any atom is 0.270 e. The summed E-state index contributed by atoms with van der Waals surface area (Å²) in [4.78, 5) is 27.5. The SMILES string of the molecule is O=C1C=c2cccc(C(=O)c3ccccc3)c2=N1. The van der Waals surface area contributed by atoms with Gasteiger partial charge in [-0.25, -0.2) is 4.99 Å². The van der Waals surface area contributed by atoms with Gasteiger partial charge in [-0.3, -0.25) is 9.59 Å². The fourth-order valence-corrected chi connectivity index (χ4v) is 2.01. The van der Waals surface area contributed by atoms with Gasteiger partial charge in [0.2, 0.25) is 0 Å². The first-order valence-electron chi connectivity index (χ1n) is 5.59. The van der Waals surface area contributed by atoms with Crippen LogP contribution in [-0.4, -0.2) is 11.7 Å². The first-order valence-corrected chi connectivity index (χ1v) is 5.59. The zero-order chi connectivity index (χ0) is 12.5. The highest BCUT2D eigenvalue weighted by Gasteiger charge is 2.14. The van der Waals surface area contributed by atoms with E-state index in [2.05, 4.69) is 4.99 Å². The molecule has 0 aliphatic carbocycles. The monoisotopic (exact) mass is 235 g/mol. The van der Waals surface area contributed by atoms with Gasteiger partial charge in [-0.2, -0.15) is 0 Å². The molecule has 0 saturated carbocycles. The number of hydrogen-bond donors (Lipinski definition) is 0. The predicted molar refractivity (Wildman–Crippen MR) is 66.6 cm³/mol. The molecule has 0 aromatic heterocycles. The summed E-state index contributed by atoms with van der Waals surface area (Å²) in [5, 5.41) is 1.19. The van der Waals surface area contributed by atoms with Gasteiger partial charge in [0.25, 0.3) is 5.91 Å². The van der Waals surface area contributed by atoms with Gasteiger partial charge in [0, 0.05) is 22.4 Å². The van der Waals surface area contributed by atoms with E-state index < -0.39 is 0 Å². The molecule has 0 N–H and O–H groups in total. The molecule has 2 aromatic rings. The number of nitrogens with zero attached hydrogens (tertiary/aromatic N) is 1. The summed E-state index contributed by atoms with van der Waals surface area (Å²) in [6.45, 7) is 0. The largest absolute Gasteiger partial charge is 0.289 e. The lowest BCUT2D eigenvalue weighted by atomic mass is 10.0. The molecule has 3 heteroatoms. The molecule has 0 unspecified atom stereocenters. The van der Waals surface area contributed by atoms with Crippen molar-refractivity contribution in [3.8, 4) is 0 Å². The van der Waals surface area contributed by atoms with Crippen molar-refractivity contribution in [2.45, 2.75) is 0 Å². The van der Waals surface area contributed by atoms with Crippen LogP contribution in [0.4, 0.5) is 0 Å². The van der Waals surface area contributed by atoms with Gasteiger partial charge in [0.05, 0.1) is 5.36 Å². The average molecular weight is 235 g/mol. The van der Waals surface area contributed by atoms with Gasteiger partial charge < -0.3 is 0 Å². The second-order valence-electron chi connectivity index (χ2n) is 4.03. The molecule has 1 heterocycles. The summed E-state index contributed by atoms with van der Waals surface area (Å²) in [6.07, 6.45) is 1.44. The molecule has 0 radical (unpaired) electrons. The molecule has 2 aromatic carbocycles. The van der Waals surface area contributed by atoms with Gasteiger partial charge in [-0.15, -0.1) is 0 Å². The highest BCUT2D eigenvalue weighted by molar-refractivity contribution is 6.11. The lowest BCUT2D eigenvalue weighted by Gasteiger charge is -2.00. The minimum Gasteiger partial charge on any atom is -0.289 e. The quantitative estimate of drug-likeness (QED) is 0.725. The molecular formula is C15H9NO2. The smallest absolute Gasteiger partial charge is 0.270 e. The molecule has 0 spiro atoms. The van der Waals surface area contributed by atoms with Crippen molar-refractivity contribution >= 4 is 17.8 Å². The Bertz CT molecular complexity index is 761. The Morgan fingerprint density at radius 2 is 1.72 bits per heavy atom. The third kappa shape index (κ3) is 1.66. The summed E-state index contributed by atoms with van der Waals surface area (Å²) in [5.41, 5.74) is 1.07. The van der Waals surface area contributed by atoms with Crippen molar-refractivity contribution in [1.29, 1.82) is 0 Å². The maximum absolute atomic E-state index is 12.3. The van der Waals surface area contributed by atoms with Crippen LogP contribution in [0.2, 0.25) is 0 Å². The van der Waals surface area contributed by atoms with E-state index in [1.165, 1.54) is 6.08 Å². The second-order valence-corrected chi connectivity index (χ2v) is 4.03. The normalized spacial score (nSPS) is 12.6. The third-order valence-corrected chi connectivity index (χ3v) is 2.85. The van der Waals surface area contributed by atoms with Crippen molar-refractivity contribution in [3.63, 3.8) is 0 Å². The van der Waals surface area contributed by atoms with E-state index in [1.54, 1.807) is 30.3 Å². The van der Waals surface area contributed by atoms with E-state index in [1.807, 2.05) is 18.2 Å². The second kappa shape index (κ2) is 4.04. The van der Waals surface area contributed by atoms with E-state index in [0.717, 1.165) is 0 Å². The number of para-hydroxylation sites is 1. The van der Waals surface area contributed by atoms with E-state index in [4.69, 9.17) is 0 Å². The molecule has 18 heavy (non-hydrogen) atoms. The Labute approximate surface area is 103 Å². The number of rotatable bonds is 2. The average Bonchev–Trinajstić information content (AvgIpc) is 2.79. The van der Waals surface area contributed by atoms with Crippen molar-refractivity contribution in [2.75, 3.05) is 0 Å². The highest BCUT2D eigenvalue weighted by Crippen LogP contribution is 2.05. The first kappa shape index (κ1) is 10.6. The molecule has 3 nitrogen and oxygen atoms in total. The van der Waals surface area contributed by atoms with Crippen LogP contribution in [0.25, 0.3) is 6.08 Å². The van der Waals surface area contributed by atoms with E-state index in [0.29, 0.717) is 21.7 Å². The minimum absolute atomic E-state index is 0.112. The fourth-order valence-electron chi connectivity index (χ4n) is 2.01. The highest BCUT2D eigenvalue weighted by atomic mass is 16.1. The Balaban J connectivity index is 2.20. The topological polar surface area (TPSA) is 46.5 Å². The molecule has 0 atom stereocenters. The number of fused-ring (bicyclic) bond motifs is 1. The molecule has 3 rings (SSSR count). The molecule has 86 valence electrons. The van der Waals surface area contributed by atoms with E-state index >= 15 is 0 Å². The van der Waals surface area contributed by atoms with Crippen LogP contribution in [-0.2, 0) is 4.79 Å². The summed E-state index contributed by atoms with van der Waals surface area (Å²) < 4.78 is 0. The van der Waals surface area contributed by atoms with Crippen molar-refractivity contribution in [2.24, 2.45) is 4.99 Å². The number of hydrogen-bond acceptors (Lipinski definition) is 2. The van der Waals surface area contributed by atoms with Crippen LogP contribution in [0.3, 0.4) is 0 Å². The molecule has 1 aliphatic heterocycles. The zero-order valence-corrected chi connectivity index (χ0v) is 9.46. The van der Waals surface area contributed by atoms with Crippen LogP contribution in [0.15, 0.2) is 53.5 Å². The number of carbonyl (C=O) groups is 2. The number of benzene rings is 2. The first-order chi connectivity index (χ1) is 8.75. The number of carbonyl (C=O) groups excluding carboxylic acids is 2. The summed E-state index contributed by atoms with van der Waals surface area (Å²) >= 11 is 0. The van der Waals surface area contributed by atoms with Gasteiger partial charge >= 0.3 is 0 Å². The van der Waals surface area contributed by atoms with Crippen molar-refractivity contribution in [1.82, 2.24) is 0 Å². The standard InChI is InChI=1S/C15H9NO2/c17-13-9-11-7-4-8-12(14(11)16-13)15(18)10-5-2-1-3-6-10/h1-9H. The fraction of sp³-hybridized carbons (Fsp3) is 0. The van der Waals surface area contributed by atoms with Crippen LogP contribution < -0.4 is 10.6 Å². The van der Waals surface area contributed by atoms with Crippen LogP contribution in [0.1, 0.15) is 15.9 Å². The van der Waals surface area contributed by atoms with E-state index in [-0.39, 0.29) is 11.7 Å². The van der Waals surface area contributed by atoms with Gasteiger partial charge in [0.15, 0.2) is 5.78 Å². The lowest BCUT2D eigenvalue weighted by molar-refractivity contribution is -0.112. The molecule has 1 aliphatic rings. The predicted octanol–water partition coefficient (Wildman–Crippen LogP) is 0.858. The Morgan fingerprint density at radius 3 is 2.50 bits per heavy atom. The molecule has 0 fully saturated rings. The molecule has 1 amide bonds. The summed E-state index contributed by atoms with van der Waals surface area (Å²) in [6, 6.07) is 14.2. The maximum atomic E-state index is 12.3. The van der Waals surface area contributed by atoms with Crippen LogP contribution in [0.5, 0.6) is 0 Å². The van der Waals surface area contributed by atoms with Crippen LogP contribution in [0, 0.1) is 0 Å². The third-order valence-electron chi connectivity index (χ3n) is 2.85. The Morgan fingerprint density at radius 1 is 0.944 bits per heavy atom. The van der Waals surface area contributed by atoms with Gasteiger partial charge in [0.1, 0.15) is 0 Å². The molecule has 0 bridgehead atoms. The van der Waals surface area contributed by atoms with Crippen LogP contribution >= 0.6 is 0 Å². The summed E-state index contributed by atoms with van der Waals surface area (Å²) in [7, 11) is 0. The summed E-state index contributed by atoms with van der Waals surface area (Å²) in [5.74, 6) is -0.419. The molecule has 0 saturated heterocycles. The van der Waals surface area contributed by atoms with Crippen molar-refractivity contribution < 1.29 is 9.59 Å². The Hall–Kier alpha value is -2.55. The number of amides is 1. The minimum atomic E-state index is -0.307.